The monoisotopic (exact) mass is 261 g/mol. The lowest BCUT2D eigenvalue weighted by atomic mass is 10.2. The van der Waals surface area contributed by atoms with Gasteiger partial charge in [0.25, 0.3) is 0 Å². The molecule has 0 saturated heterocycles. The normalized spacial score (nSPS) is 11.8. The van der Waals surface area contributed by atoms with Gasteiger partial charge in [-0.15, -0.1) is 0 Å². The van der Waals surface area contributed by atoms with Crippen LogP contribution in [-0.2, 0) is 6.42 Å². The first-order valence-corrected chi connectivity index (χ1v) is 6.75. The van der Waals surface area contributed by atoms with Crippen molar-refractivity contribution in [2.75, 3.05) is 30.4 Å². The number of hydrogen-bond donors (Lipinski definition) is 1. The van der Waals surface area contributed by atoms with Crippen molar-refractivity contribution >= 4 is 11.6 Å². The van der Waals surface area contributed by atoms with Gasteiger partial charge in [-0.2, -0.15) is 5.26 Å². The highest BCUT2D eigenvalue weighted by molar-refractivity contribution is 5.58. The second kappa shape index (κ2) is 6.93. The molecule has 0 amide bonds. The highest BCUT2D eigenvalue weighted by Crippen LogP contribution is 2.23. The molecule has 104 valence electrons. The van der Waals surface area contributed by atoms with Gasteiger partial charge in [0, 0.05) is 32.1 Å². The van der Waals surface area contributed by atoms with Crippen LogP contribution in [0.5, 0.6) is 0 Å². The van der Waals surface area contributed by atoms with E-state index < -0.39 is 0 Å². The van der Waals surface area contributed by atoms with Gasteiger partial charge in [0.1, 0.15) is 17.5 Å². The molecule has 1 N–H and O–H groups in total. The minimum atomic E-state index is -0.0213. The number of nitrogens with one attached hydrogen (secondary N) is 1. The Morgan fingerprint density at radius 1 is 1.37 bits per heavy atom. The molecule has 1 unspecified atom stereocenters. The molecular weight excluding hydrogens is 238 g/mol. The Bertz CT molecular complexity index is 464. The number of rotatable bonds is 6. The summed E-state index contributed by atoms with van der Waals surface area (Å²) in [6.07, 6.45) is 0.799. The fourth-order valence-corrected chi connectivity index (χ4v) is 1.96. The predicted molar refractivity (Wildman–Crippen MR) is 78.4 cm³/mol. The molecule has 0 radical (unpaired) electrons. The molecule has 1 heterocycles. The van der Waals surface area contributed by atoms with Gasteiger partial charge in [-0.1, -0.05) is 6.92 Å². The summed E-state index contributed by atoms with van der Waals surface area (Å²) in [5, 5.41) is 12.2. The van der Waals surface area contributed by atoms with E-state index in [1.54, 1.807) is 0 Å². The van der Waals surface area contributed by atoms with E-state index in [1.807, 2.05) is 39.6 Å². The van der Waals surface area contributed by atoms with Crippen molar-refractivity contribution < 1.29 is 0 Å². The lowest BCUT2D eigenvalue weighted by Gasteiger charge is -2.23. The number of anilines is 2. The van der Waals surface area contributed by atoms with E-state index in [9.17, 15) is 0 Å². The lowest BCUT2D eigenvalue weighted by Crippen LogP contribution is -2.26. The number of aromatic nitrogens is 2. The highest BCUT2D eigenvalue weighted by atomic mass is 15.2. The van der Waals surface area contributed by atoms with Crippen molar-refractivity contribution in [3.8, 4) is 6.07 Å². The van der Waals surface area contributed by atoms with E-state index in [2.05, 4.69) is 21.4 Å². The molecule has 5 heteroatoms. The summed E-state index contributed by atoms with van der Waals surface area (Å²) in [4.78, 5) is 11.1. The minimum absolute atomic E-state index is 0.0213. The van der Waals surface area contributed by atoms with E-state index in [0.717, 1.165) is 36.0 Å². The fourth-order valence-electron chi connectivity index (χ4n) is 1.96. The maximum Gasteiger partial charge on any atom is 0.137 e. The van der Waals surface area contributed by atoms with Gasteiger partial charge in [0.15, 0.2) is 0 Å². The first kappa shape index (κ1) is 15.2. The van der Waals surface area contributed by atoms with Gasteiger partial charge in [-0.3, -0.25) is 0 Å². The summed E-state index contributed by atoms with van der Waals surface area (Å²) in [5.74, 6) is 2.60. The summed E-state index contributed by atoms with van der Waals surface area (Å²) in [6, 6.07) is 2.25. The smallest absolute Gasteiger partial charge is 0.137 e. The molecule has 0 aliphatic heterocycles. The van der Waals surface area contributed by atoms with Gasteiger partial charge in [0.2, 0.25) is 0 Å². The van der Waals surface area contributed by atoms with Gasteiger partial charge >= 0.3 is 0 Å². The fraction of sp³-hybridized carbons (Fsp3) is 0.643. The maximum atomic E-state index is 8.92. The van der Waals surface area contributed by atoms with Crippen LogP contribution in [0.2, 0.25) is 0 Å². The van der Waals surface area contributed by atoms with Crippen LogP contribution >= 0.6 is 0 Å². The van der Waals surface area contributed by atoms with Crippen LogP contribution in [0.4, 0.5) is 11.6 Å². The average molecular weight is 261 g/mol. The SMILES string of the molecule is CCNc1nc(CC)nc(N(C)CC(C)C#N)c1C. The molecule has 1 rings (SSSR count). The molecule has 0 spiro atoms. The second-order valence-corrected chi connectivity index (χ2v) is 4.73. The highest BCUT2D eigenvalue weighted by Gasteiger charge is 2.15. The minimum Gasteiger partial charge on any atom is -0.370 e. The summed E-state index contributed by atoms with van der Waals surface area (Å²) < 4.78 is 0. The van der Waals surface area contributed by atoms with Crippen LogP contribution in [0.3, 0.4) is 0 Å². The van der Waals surface area contributed by atoms with Crippen LogP contribution in [-0.4, -0.2) is 30.1 Å². The Morgan fingerprint density at radius 3 is 2.58 bits per heavy atom. The van der Waals surface area contributed by atoms with Crippen molar-refractivity contribution in [2.24, 2.45) is 5.92 Å². The molecule has 1 atom stereocenters. The molecule has 19 heavy (non-hydrogen) atoms. The number of nitriles is 1. The molecule has 0 aromatic carbocycles. The molecular formula is C14H23N5. The summed E-state index contributed by atoms with van der Waals surface area (Å²) in [6.45, 7) is 9.53. The number of hydrogen-bond acceptors (Lipinski definition) is 5. The van der Waals surface area contributed by atoms with Crippen LogP contribution in [0, 0.1) is 24.2 Å². The zero-order chi connectivity index (χ0) is 14.4. The second-order valence-electron chi connectivity index (χ2n) is 4.73. The van der Waals surface area contributed by atoms with E-state index in [-0.39, 0.29) is 5.92 Å². The third kappa shape index (κ3) is 3.82. The van der Waals surface area contributed by atoms with E-state index >= 15 is 0 Å². The Kier molecular flexibility index (Phi) is 5.56. The molecule has 1 aromatic rings. The van der Waals surface area contributed by atoms with E-state index in [1.165, 1.54) is 0 Å². The largest absolute Gasteiger partial charge is 0.370 e. The van der Waals surface area contributed by atoms with Gasteiger partial charge in [-0.05, 0) is 20.8 Å². The van der Waals surface area contributed by atoms with Crippen molar-refractivity contribution in [3.63, 3.8) is 0 Å². The average Bonchev–Trinajstić information content (AvgIpc) is 2.40. The third-order valence-electron chi connectivity index (χ3n) is 2.96. The molecule has 0 saturated carbocycles. The van der Waals surface area contributed by atoms with Crippen LogP contribution in [0.25, 0.3) is 0 Å². The Hall–Kier alpha value is -1.83. The summed E-state index contributed by atoms with van der Waals surface area (Å²) in [5.41, 5.74) is 1.03. The first-order chi connectivity index (χ1) is 9.03. The van der Waals surface area contributed by atoms with Crippen molar-refractivity contribution in [1.29, 1.82) is 5.26 Å². The van der Waals surface area contributed by atoms with Crippen molar-refractivity contribution in [1.82, 2.24) is 9.97 Å². The van der Waals surface area contributed by atoms with Crippen molar-refractivity contribution in [2.45, 2.75) is 34.1 Å². The molecule has 5 nitrogen and oxygen atoms in total. The third-order valence-corrected chi connectivity index (χ3v) is 2.96. The molecule has 0 aliphatic carbocycles. The molecule has 1 aromatic heterocycles. The quantitative estimate of drug-likeness (QED) is 0.851. The lowest BCUT2D eigenvalue weighted by molar-refractivity contribution is 0.704. The predicted octanol–water partition coefficient (Wildman–Crippen LogP) is 2.38. The Morgan fingerprint density at radius 2 is 2.05 bits per heavy atom. The van der Waals surface area contributed by atoms with Gasteiger partial charge < -0.3 is 10.2 Å². The summed E-state index contributed by atoms with van der Waals surface area (Å²) in [7, 11) is 1.97. The van der Waals surface area contributed by atoms with Crippen LogP contribution < -0.4 is 10.2 Å². The molecule has 0 fully saturated rings. The first-order valence-electron chi connectivity index (χ1n) is 6.75. The zero-order valence-electron chi connectivity index (χ0n) is 12.5. The van der Waals surface area contributed by atoms with E-state index in [4.69, 9.17) is 5.26 Å². The molecule has 0 bridgehead atoms. The van der Waals surface area contributed by atoms with Gasteiger partial charge in [0.05, 0.1) is 12.0 Å². The number of nitrogens with zero attached hydrogens (tertiary/aromatic N) is 4. The van der Waals surface area contributed by atoms with Crippen LogP contribution in [0.1, 0.15) is 32.2 Å². The van der Waals surface area contributed by atoms with Crippen LogP contribution in [0.15, 0.2) is 0 Å². The Balaban J connectivity index is 3.11. The standard InChI is InChI=1S/C14H23N5/c1-6-12-17-13(16-7-2)11(4)14(18-12)19(5)9-10(3)8-15/h10H,6-7,9H2,1-5H3,(H,16,17,18). The van der Waals surface area contributed by atoms with E-state index in [0.29, 0.717) is 6.54 Å². The topological polar surface area (TPSA) is 64.8 Å². The Labute approximate surface area is 115 Å². The maximum absolute atomic E-state index is 8.92. The molecule has 0 aliphatic rings. The van der Waals surface area contributed by atoms with Gasteiger partial charge in [-0.25, -0.2) is 9.97 Å². The van der Waals surface area contributed by atoms with Crippen molar-refractivity contribution in [3.05, 3.63) is 11.4 Å². The zero-order valence-corrected chi connectivity index (χ0v) is 12.5. The number of aryl methyl sites for hydroxylation is 1. The summed E-state index contributed by atoms with van der Waals surface area (Å²) >= 11 is 0.